The number of hydrogen-bond donors (Lipinski definition) is 2. The van der Waals surface area contributed by atoms with Crippen molar-refractivity contribution in [1.29, 1.82) is 0 Å². The molecule has 0 atom stereocenters. The number of aromatic nitrogens is 1. The molecule has 0 spiro atoms. The monoisotopic (exact) mass is 452 g/mol. The first-order valence-corrected chi connectivity index (χ1v) is 11.3. The summed E-state index contributed by atoms with van der Waals surface area (Å²) < 4.78 is 0. The Morgan fingerprint density at radius 1 is 1.19 bits per heavy atom. The van der Waals surface area contributed by atoms with E-state index >= 15 is 0 Å². The maximum Gasteiger partial charge on any atom is 0.336 e. The smallest absolute Gasteiger partial charge is 0.336 e. The van der Waals surface area contributed by atoms with Gasteiger partial charge < -0.3 is 10.4 Å². The molecule has 1 amide bonds. The van der Waals surface area contributed by atoms with Crippen molar-refractivity contribution in [2.45, 2.75) is 31.6 Å². The summed E-state index contributed by atoms with van der Waals surface area (Å²) in [4.78, 5) is 28.6. The highest BCUT2D eigenvalue weighted by atomic mass is 35.5. The zero-order valence-corrected chi connectivity index (χ0v) is 18.2. The van der Waals surface area contributed by atoms with E-state index in [1.807, 2.05) is 30.4 Å². The van der Waals surface area contributed by atoms with Crippen LogP contribution >= 0.6 is 22.9 Å². The summed E-state index contributed by atoms with van der Waals surface area (Å²) in [7, 11) is 0. The predicted octanol–water partition coefficient (Wildman–Crippen LogP) is 6.11. The van der Waals surface area contributed by atoms with E-state index in [0.29, 0.717) is 22.2 Å². The summed E-state index contributed by atoms with van der Waals surface area (Å²) in [6, 6.07) is 12.0. The van der Waals surface area contributed by atoms with Gasteiger partial charge in [0.2, 0.25) is 5.91 Å². The van der Waals surface area contributed by atoms with Crippen molar-refractivity contribution in [2.24, 2.45) is 0 Å². The highest BCUT2D eigenvalue weighted by Crippen LogP contribution is 2.36. The zero-order valence-electron chi connectivity index (χ0n) is 16.7. The predicted molar refractivity (Wildman–Crippen MR) is 125 cm³/mol. The molecular formula is C24H21ClN2O3S. The van der Waals surface area contributed by atoms with Crippen molar-refractivity contribution >= 4 is 52.7 Å². The van der Waals surface area contributed by atoms with Crippen molar-refractivity contribution in [1.82, 2.24) is 4.98 Å². The van der Waals surface area contributed by atoms with E-state index in [2.05, 4.69) is 10.7 Å². The van der Waals surface area contributed by atoms with Crippen LogP contribution in [0.25, 0.3) is 12.2 Å². The minimum absolute atomic E-state index is 0.0315. The largest absolute Gasteiger partial charge is 0.478 e. The fourth-order valence-electron chi connectivity index (χ4n) is 3.44. The van der Waals surface area contributed by atoms with Gasteiger partial charge in [-0.2, -0.15) is 0 Å². The maximum absolute atomic E-state index is 12.5. The minimum atomic E-state index is -1.11. The molecule has 1 heterocycles. The third-order valence-corrected chi connectivity index (χ3v) is 6.37. The Hall–Kier alpha value is -2.96. The summed E-state index contributed by atoms with van der Waals surface area (Å²) in [6.45, 7) is 0. The molecule has 3 aromatic rings. The number of anilines is 1. The van der Waals surface area contributed by atoms with Crippen LogP contribution in [0.4, 0.5) is 5.69 Å². The number of thiazole rings is 1. The van der Waals surface area contributed by atoms with Crippen LogP contribution in [0.2, 0.25) is 5.02 Å². The van der Waals surface area contributed by atoms with Gasteiger partial charge in [-0.25, -0.2) is 9.78 Å². The molecule has 0 aliphatic heterocycles. The second-order valence-electron chi connectivity index (χ2n) is 7.53. The number of amides is 1. The number of aromatic carboxylic acids is 1. The van der Waals surface area contributed by atoms with E-state index in [-0.39, 0.29) is 17.9 Å². The minimum Gasteiger partial charge on any atom is -0.478 e. The summed E-state index contributed by atoms with van der Waals surface area (Å²) in [5.41, 5.74) is 3.23. The van der Waals surface area contributed by atoms with Crippen LogP contribution in [0.1, 0.15) is 57.4 Å². The second kappa shape index (κ2) is 9.45. The van der Waals surface area contributed by atoms with E-state index in [0.717, 1.165) is 10.6 Å². The topological polar surface area (TPSA) is 79.3 Å². The fraction of sp³-hybridized carbons (Fsp3) is 0.208. The van der Waals surface area contributed by atoms with Crippen molar-refractivity contribution in [3.63, 3.8) is 0 Å². The van der Waals surface area contributed by atoms with Crippen molar-refractivity contribution in [2.75, 3.05) is 5.32 Å². The van der Waals surface area contributed by atoms with Crippen molar-refractivity contribution in [3.05, 3.63) is 80.3 Å². The average Bonchev–Trinajstić information content (AvgIpc) is 3.15. The molecule has 1 saturated carbocycles. The Bertz CT molecular complexity index is 1150. The molecule has 158 valence electrons. The molecule has 2 aromatic carbocycles. The molecule has 5 nitrogen and oxygen atoms in total. The molecule has 0 saturated heterocycles. The van der Waals surface area contributed by atoms with Gasteiger partial charge in [0.25, 0.3) is 0 Å². The van der Waals surface area contributed by atoms with Gasteiger partial charge in [-0.15, -0.1) is 11.3 Å². The first-order valence-electron chi connectivity index (χ1n) is 10.0. The van der Waals surface area contributed by atoms with Crippen LogP contribution in [0, 0.1) is 0 Å². The van der Waals surface area contributed by atoms with Crippen LogP contribution in [0.5, 0.6) is 0 Å². The fourth-order valence-corrected chi connectivity index (χ4v) is 4.40. The lowest BCUT2D eigenvalue weighted by Crippen LogP contribution is -2.16. The Labute approximate surface area is 189 Å². The van der Waals surface area contributed by atoms with Gasteiger partial charge in [0.1, 0.15) is 5.01 Å². The molecule has 4 rings (SSSR count). The number of carboxylic acid groups (broad SMARTS) is 1. The number of carbonyl (C=O) groups is 2. The zero-order chi connectivity index (χ0) is 21.8. The highest BCUT2D eigenvalue weighted by Gasteiger charge is 2.21. The third kappa shape index (κ3) is 5.40. The standard InChI is InChI=1S/C24H21ClN2O3S/c25-18-9-8-17(20(13-18)24(29)30)12-22(28)26-19-6-1-3-15(11-19)7-10-23-27-21(14-31-23)16-4-2-5-16/h1,3,6-11,13-14,16H,2,4-5,12H2,(H,26,28)(H,29,30)/b10-7+. The first kappa shape index (κ1) is 21.3. The van der Waals surface area contributed by atoms with E-state index < -0.39 is 5.97 Å². The van der Waals surface area contributed by atoms with Gasteiger partial charge in [0, 0.05) is 22.0 Å². The number of rotatable bonds is 7. The van der Waals surface area contributed by atoms with Crippen molar-refractivity contribution in [3.8, 4) is 0 Å². The summed E-state index contributed by atoms with van der Waals surface area (Å²) in [5.74, 6) is -0.782. The van der Waals surface area contributed by atoms with Crippen molar-refractivity contribution < 1.29 is 14.7 Å². The molecule has 1 fully saturated rings. The lowest BCUT2D eigenvalue weighted by atomic mass is 9.83. The van der Waals surface area contributed by atoms with Gasteiger partial charge >= 0.3 is 5.97 Å². The van der Waals surface area contributed by atoms with E-state index in [9.17, 15) is 14.7 Å². The van der Waals surface area contributed by atoms with Crippen LogP contribution in [-0.2, 0) is 11.2 Å². The number of halogens is 1. The molecule has 2 N–H and O–H groups in total. The number of nitrogens with one attached hydrogen (secondary N) is 1. The SMILES string of the molecule is O=C(Cc1ccc(Cl)cc1C(=O)O)Nc1cccc(/C=C/c2nc(C3CCC3)cs2)c1. The first-order chi connectivity index (χ1) is 15.0. The van der Waals surface area contributed by atoms with Crippen LogP contribution in [-0.4, -0.2) is 22.0 Å². The number of carboxylic acids is 1. The van der Waals surface area contributed by atoms with Gasteiger partial charge in [0.05, 0.1) is 17.7 Å². The molecule has 0 unspecified atom stereocenters. The third-order valence-electron chi connectivity index (χ3n) is 5.31. The van der Waals surface area contributed by atoms with E-state index in [1.54, 1.807) is 29.5 Å². The molecule has 0 radical (unpaired) electrons. The van der Waals surface area contributed by atoms with Gasteiger partial charge in [0.15, 0.2) is 0 Å². The summed E-state index contributed by atoms with van der Waals surface area (Å²) >= 11 is 7.51. The molecule has 1 aromatic heterocycles. The molecule has 1 aliphatic carbocycles. The Morgan fingerprint density at radius 3 is 2.77 bits per heavy atom. The summed E-state index contributed by atoms with van der Waals surface area (Å²) in [6.07, 6.45) is 7.67. The summed E-state index contributed by atoms with van der Waals surface area (Å²) in [5, 5.41) is 15.6. The molecule has 7 heteroatoms. The van der Waals surface area contributed by atoms with E-state index in [1.165, 1.54) is 31.0 Å². The van der Waals surface area contributed by atoms with Gasteiger partial charge in [-0.3, -0.25) is 4.79 Å². The molecular weight excluding hydrogens is 432 g/mol. The quantitative estimate of drug-likeness (QED) is 0.453. The molecule has 31 heavy (non-hydrogen) atoms. The number of carbonyl (C=O) groups excluding carboxylic acids is 1. The highest BCUT2D eigenvalue weighted by molar-refractivity contribution is 7.10. The molecule has 1 aliphatic rings. The number of benzene rings is 2. The number of nitrogens with zero attached hydrogens (tertiary/aromatic N) is 1. The maximum atomic E-state index is 12.5. The van der Waals surface area contributed by atoms with Crippen LogP contribution < -0.4 is 5.32 Å². The van der Waals surface area contributed by atoms with E-state index in [4.69, 9.17) is 16.6 Å². The Morgan fingerprint density at radius 2 is 2.03 bits per heavy atom. The lowest BCUT2D eigenvalue weighted by Gasteiger charge is -2.22. The van der Waals surface area contributed by atoms with Crippen LogP contribution in [0.15, 0.2) is 47.8 Å². The lowest BCUT2D eigenvalue weighted by molar-refractivity contribution is -0.115. The second-order valence-corrected chi connectivity index (χ2v) is 8.85. The molecule has 0 bridgehead atoms. The number of hydrogen-bond acceptors (Lipinski definition) is 4. The van der Waals surface area contributed by atoms with Crippen LogP contribution in [0.3, 0.4) is 0 Å². The normalized spacial score (nSPS) is 13.8. The Balaban J connectivity index is 1.41. The van der Waals surface area contributed by atoms with Gasteiger partial charge in [-0.1, -0.05) is 42.3 Å². The van der Waals surface area contributed by atoms with Gasteiger partial charge in [-0.05, 0) is 54.3 Å². The average molecular weight is 453 g/mol. The Kier molecular flexibility index (Phi) is 6.49.